The van der Waals surface area contributed by atoms with Crippen LogP contribution in [0.5, 0.6) is 0 Å². The minimum absolute atomic E-state index is 0.00752. The summed E-state index contributed by atoms with van der Waals surface area (Å²) in [5.74, 6) is 0. The van der Waals surface area contributed by atoms with Gasteiger partial charge in [0.25, 0.3) is 0 Å². The zero-order chi connectivity index (χ0) is 41.7. The van der Waals surface area contributed by atoms with E-state index in [9.17, 15) is 0 Å². The number of hydrogen-bond acceptors (Lipinski definition) is 4. The third-order valence-electron chi connectivity index (χ3n) is 17.0. The Bertz CT molecular complexity index is 3250. The van der Waals surface area contributed by atoms with Gasteiger partial charge in [-0.15, -0.1) is 11.3 Å². The van der Waals surface area contributed by atoms with Crippen molar-refractivity contribution in [2.24, 2.45) is 0 Å². The van der Waals surface area contributed by atoms with Crippen LogP contribution in [0.25, 0.3) is 53.2 Å². The quantitative estimate of drug-likeness (QED) is 0.154. The molecular weight excluding hydrogens is 760 g/mol. The van der Waals surface area contributed by atoms with Crippen molar-refractivity contribution >= 4 is 94.0 Å². The summed E-state index contributed by atoms with van der Waals surface area (Å²) in [5, 5.41) is 5.23. The molecule has 0 bridgehead atoms. The van der Waals surface area contributed by atoms with Crippen molar-refractivity contribution in [3.05, 3.63) is 119 Å². The van der Waals surface area contributed by atoms with Gasteiger partial charge in [0.2, 0.25) is 0 Å². The first kappa shape index (κ1) is 36.6. The standard InChI is InChI=1S/C56H55BN2OS/c1-52(2,3)32-27-40-49-41(28-32)57-48-37(29-35-34-19-13-14-20-45(34)61-51(35)50(48)58(49)56(9)24-16-15-23-55(40,56)8)46-42(59(57)33-17-11-10-12-18-33)21-22-43-47(46)36-30-38-39(31-44(36)60-43)54(6,7)26-25-53(38,4)5/h10-14,17-22,27-31H,15-16,23-26H2,1-9H3. The molecule has 2 atom stereocenters. The van der Waals surface area contributed by atoms with Crippen molar-refractivity contribution in [2.45, 2.75) is 128 Å². The van der Waals surface area contributed by atoms with Crippen molar-refractivity contribution in [3.8, 4) is 11.1 Å². The summed E-state index contributed by atoms with van der Waals surface area (Å²) in [7, 11) is 0. The van der Waals surface area contributed by atoms with Gasteiger partial charge in [-0.1, -0.05) is 117 Å². The summed E-state index contributed by atoms with van der Waals surface area (Å²) in [4.78, 5) is 5.68. The molecule has 304 valence electrons. The number of benzene rings is 6. The van der Waals surface area contributed by atoms with E-state index >= 15 is 0 Å². The second-order valence-electron chi connectivity index (χ2n) is 22.2. The van der Waals surface area contributed by atoms with E-state index < -0.39 is 0 Å². The average Bonchev–Trinajstić information content (AvgIpc) is 3.86. The lowest BCUT2D eigenvalue weighted by Crippen LogP contribution is -2.64. The SMILES string of the molecule is CC(C)(C)c1cc2c3c(c1)C1(C)CCCCC1(C)N3c1c3c(cc4c1sc1ccccc14)-c1c(ccc4oc5cc6c(cc5c14)C(C)(C)CCC6(C)C)N(c1ccccc1)B23. The summed E-state index contributed by atoms with van der Waals surface area (Å²) in [6.07, 6.45) is 7.26. The lowest BCUT2D eigenvalue weighted by Gasteiger charge is -2.53. The zero-order valence-corrected chi connectivity index (χ0v) is 38.1. The van der Waals surface area contributed by atoms with E-state index in [1.165, 1.54) is 131 Å². The van der Waals surface area contributed by atoms with Crippen molar-refractivity contribution in [2.75, 3.05) is 9.71 Å². The predicted molar refractivity (Wildman–Crippen MR) is 262 cm³/mol. The maximum atomic E-state index is 7.08. The first-order chi connectivity index (χ1) is 29.1. The normalized spacial score (nSPS) is 23.1. The van der Waals surface area contributed by atoms with Crippen LogP contribution in [0.1, 0.15) is 123 Å². The molecule has 0 amide bonds. The van der Waals surface area contributed by atoms with Crippen LogP contribution in [-0.2, 0) is 21.7 Å². The van der Waals surface area contributed by atoms with E-state index in [1.54, 1.807) is 5.56 Å². The molecule has 2 unspecified atom stereocenters. The summed E-state index contributed by atoms with van der Waals surface area (Å²) < 4.78 is 9.86. The molecule has 2 aliphatic carbocycles. The fraction of sp³-hybridized carbons (Fsp3) is 0.357. The highest BCUT2D eigenvalue weighted by atomic mass is 32.1. The molecule has 1 saturated carbocycles. The number of rotatable bonds is 1. The van der Waals surface area contributed by atoms with E-state index in [1.807, 2.05) is 11.3 Å². The fourth-order valence-corrected chi connectivity index (χ4v) is 14.5. The Balaban J connectivity index is 1.25. The van der Waals surface area contributed by atoms with Crippen molar-refractivity contribution in [3.63, 3.8) is 0 Å². The Morgan fingerprint density at radius 3 is 2.15 bits per heavy atom. The Labute approximate surface area is 364 Å². The molecule has 6 aromatic carbocycles. The molecule has 0 N–H and O–H groups in total. The van der Waals surface area contributed by atoms with Gasteiger partial charge >= 0.3 is 6.85 Å². The summed E-state index contributed by atoms with van der Waals surface area (Å²) >= 11 is 2.01. The molecule has 61 heavy (non-hydrogen) atoms. The average molecular weight is 815 g/mol. The van der Waals surface area contributed by atoms with Crippen LogP contribution in [0.2, 0.25) is 0 Å². The van der Waals surface area contributed by atoms with Gasteiger partial charge in [0.05, 0.1) is 15.9 Å². The minimum Gasteiger partial charge on any atom is -0.456 e. The Morgan fingerprint density at radius 1 is 0.656 bits per heavy atom. The monoisotopic (exact) mass is 814 g/mol. The van der Waals surface area contributed by atoms with Crippen LogP contribution in [0.15, 0.2) is 101 Å². The smallest absolute Gasteiger partial charge is 0.333 e. The topological polar surface area (TPSA) is 19.6 Å². The van der Waals surface area contributed by atoms with Crippen LogP contribution < -0.4 is 20.6 Å². The Hall–Kier alpha value is -5.00. The van der Waals surface area contributed by atoms with Crippen LogP contribution in [0, 0.1) is 0 Å². The Morgan fingerprint density at radius 2 is 1.38 bits per heavy atom. The van der Waals surface area contributed by atoms with Crippen molar-refractivity contribution in [1.82, 2.24) is 0 Å². The molecule has 3 aliphatic heterocycles. The molecule has 3 nitrogen and oxygen atoms in total. The van der Waals surface area contributed by atoms with Gasteiger partial charge in [0, 0.05) is 54.3 Å². The molecule has 13 rings (SSSR count). The van der Waals surface area contributed by atoms with Crippen LogP contribution >= 0.6 is 11.3 Å². The van der Waals surface area contributed by atoms with Gasteiger partial charge in [-0.3, -0.25) is 0 Å². The third-order valence-corrected chi connectivity index (χ3v) is 18.2. The molecule has 5 heterocycles. The number of hydrogen-bond donors (Lipinski definition) is 0. The van der Waals surface area contributed by atoms with E-state index in [2.05, 4.69) is 169 Å². The first-order valence-electron chi connectivity index (χ1n) is 23.0. The van der Waals surface area contributed by atoms with E-state index in [0.717, 1.165) is 11.2 Å². The maximum absolute atomic E-state index is 7.08. The van der Waals surface area contributed by atoms with E-state index in [0.29, 0.717) is 0 Å². The van der Waals surface area contributed by atoms with E-state index in [4.69, 9.17) is 4.42 Å². The number of nitrogens with zero attached hydrogens (tertiary/aromatic N) is 2. The Kier molecular flexibility index (Phi) is 6.92. The highest BCUT2D eigenvalue weighted by molar-refractivity contribution is 7.26. The van der Waals surface area contributed by atoms with Gasteiger partial charge in [-0.25, -0.2) is 0 Å². The van der Waals surface area contributed by atoms with Gasteiger partial charge in [-0.05, 0) is 136 Å². The zero-order valence-electron chi connectivity index (χ0n) is 37.3. The van der Waals surface area contributed by atoms with Crippen molar-refractivity contribution < 1.29 is 4.42 Å². The summed E-state index contributed by atoms with van der Waals surface area (Å²) in [6, 6.07) is 38.0. The molecule has 0 radical (unpaired) electrons. The largest absolute Gasteiger partial charge is 0.456 e. The lowest BCUT2D eigenvalue weighted by atomic mass is 9.43. The number of fused-ring (bicyclic) bond motifs is 16. The van der Waals surface area contributed by atoms with Crippen LogP contribution in [0.3, 0.4) is 0 Å². The van der Waals surface area contributed by atoms with E-state index in [-0.39, 0.29) is 34.0 Å². The second-order valence-corrected chi connectivity index (χ2v) is 23.3. The highest BCUT2D eigenvalue weighted by Crippen LogP contribution is 2.64. The number of furan rings is 1. The molecule has 0 saturated heterocycles. The molecule has 5 aliphatic rings. The van der Waals surface area contributed by atoms with Gasteiger partial charge in [-0.2, -0.15) is 0 Å². The second kappa shape index (κ2) is 11.5. The highest BCUT2D eigenvalue weighted by Gasteiger charge is 2.62. The maximum Gasteiger partial charge on any atom is 0.333 e. The van der Waals surface area contributed by atoms with Gasteiger partial charge < -0.3 is 14.1 Å². The lowest BCUT2D eigenvalue weighted by molar-refractivity contribution is 0.195. The number of para-hydroxylation sites is 1. The third kappa shape index (κ3) is 4.47. The minimum atomic E-state index is -0.0777. The predicted octanol–water partition coefficient (Wildman–Crippen LogP) is 14.6. The molecule has 8 aromatic rings. The number of thiophene rings is 1. The number of anilines is 4. The molecule has 1 fully saturated rings. The molecule has 5 heteroatoms. The van der Waals surface area contributed by atoms with Crippen LogP contribution in [0.4, 0.5) is 22.7 Å². The van der Waals surface area contributed by atoms with Crippen molar-refractivity contribution in [1.29, 1.82) is 0 Å². The van der Waals surface area contributed by atoms with Crippen LogP contribution in [-0.4, -0.2) is 12.4 Å². The fourth-order valence-electron chi connectivity index (χ4n) is 13.2. The van der Waals surface area contributed by atoms with Gasteiger partial charge in [0.15, 0.2) is 0 Å². The molecular formula is C56H55BN2OS. The summed E-state index contributed by atoms with van der Waals surface area (Å²) in [6.45, 7) is 22.2. The summed E-state index contributed by atoms with van der Waals surface area (Å²) in [5.41, 5.74) is 19.0. The first-order valence-corrected chi connectivity index (χ1v) is 23.8. The molecule has 2 aromatic heterocycles. The van der Waals surface area contributed by atoms with Gasteiger partial charge in [0.1, 0.15) is 11.2 Å². The molecule has 0 spiro atoms.